The Balaban J connectivity index is 0.00000144. The molecule has 8 heteroatoms. The lowest BCUT2D eigenvalue weighted by atomic mass is 10.1. The Morgan fingerprint density at radius 2 is 2.24 bits per heavy atom. The van der Waals surface area contributed by atoms with Gasteiger partial charge in [0.2, 0.25) is 0 Å². The molecule has 17 heavy (non-hydrogen) atoms. The average Bonchev–Trinajstić information content (AvgIpc) is 2.65. The minimum absolute atomic E-state index is 0. The van der Waals surface area contributed by atoms with E-state index in [1.165, 1.54) is 18.2 Å². The lowest BCUT2D eigenvalue weighted by Gasteiger charge is -2.09. The van der Waals surface area contributed by atoms with E-state index in [2.05, 4.69) is 10.1 Å². The number of halogens is 1. The van der Waals surface area contributed by atoms with Crippen LogP contribution in [0.25, 0.3) is 0 Å². The number of nitrogens with one attached hydrogen (secondary N) is 1. The fraction of sp³-hybridized carbons (Fsp3) is 0.222. The summed E-state index contributed by atoms with van der Waals surface area (Å²) in [5, 5.41) is 22.5. The number of nitrogens with zero attached hydrogens (tertiary/aromatic N) is 1. The molecule has 92 valence electrons. The first kappa shape index (κ1) is 13.0. The molecule has 0 aliphatic carbocycles. The zero-order valence-corrected chi connectivity index (χ0v) is 9.27. The predicted molar refractivity (Wildman–Crippen MR) is 59.2 cm³/mol. The molecule has 1 saturated heterocycles. The van der Waals surface area contributed by atoms with Crippen LogP contribution in [-0.2, 0) is 4.74 Å². The molecule has 1 heterocycles. The molecule has 7 nitrogen and oxygen atoms in total. The molecule has 0 saturated carbocycles. The summed E-state index contributed by atoms with van der Waals surface area (Å²) in [6.07, 6.45) is -0.601. The molecular formula is C9H9ClN2O5. The molecule has 0 radical (unpaired) electrons. The number of non-ortho nitro benzene ring substituents is 1. The summed E-state index contributed by atoms with van der Waals surface area (Å²) in [4.78, 5) is 20.8. The second-order valence-electron chi connectivity index (χ2n) is 3.30. The van der Waals surface area contributed by atoms with Crippen molar-refractivity contribution in [2.75, 3.05) is 6.61 Å². The quantitative estimate of drug-likeness (QED) is 0.620. The standard InChI is InChI=1S/C9H8N2O5.ClH/c12-8-2-1-5(11(14)15)3-6(8)7-4-16-9(13)10-7;/h1-3,7,12H,4H2,(H,10,13);1H/t7-;/m1./s1. The molecule has 1 atom stereocenters. The van der Waals surface area contributed by atoms with Gasteiger partial charge in [0, 0.05) is 17.7 Å². The van der Waals surface area contributed by atoms with Gasteiger partial charge in [-0.1, -0.05) is 0 Å². The van der Waals surface area contributed by atoms with Gasteiger partial charge in [-0.25, -0.2) is 4.79 Å². The van der Waals surface area contributed by atoms with E-state index < -0.39 is 17.1 Å². The van der Waals surface area contributed by atoms with E-state index in [-0.39, 0.29) is 36.0 Å². The van der Waals surface area contributed by atoms with Gasteiger partial charge in [0.1, 0.15) is 12.4 Å². The van der Waals surface area contributed by atoms with E-state index >= 15 is 0 Å². The highest BCUT2D eigenvalue weighted by molar-refractivity contribution is 5.85. The highest BCUT2D eigenvalue weighted by Gasteiger charge is 2.27. The first-order valence-electron chi connectivity index (χ1n) is 4.48. The number of hydrogen-bond donors (Lipinski definition) is 2. The average molecular weight is 261 g/mol. The van der Waals surface area contributed by atoms with Gasteiger partial charge >= 0.3 is 6.09 Å². The second-order valence-corrected chi connectivity index (χ2v) is 3.30. The number of amides is 1. The molecule has 0 unspecified atom stereocenters. The number of hydrogen-bond acceptors (Lipinski definition) is 5. The van der Waals surface area contributed by atoms with Gasteiger partial charge in [-0.05, 0) is 6.07 Å². The molecule has 1 aliphatic rings. The van der Waals surface area contributed by atoms with Crippen molar-refractivity contribution in [1.29, 1.82) is 0 Å². The van der Waals surface area contributed by atoms with Crippen LogP contribution in [0.4, 0.5) is 10.5 Å². The molecule has 1 amide bonds. The Bertz CT molecular complexity index is 465. The summed E-state index contributed by atoms with van der Waals surface area (Å²) >= 11 is 0. The number of benzene rings is 1. The summed E-state index contributed by atoms with van der Waals surface area (Å²) in [6, 6.07) is 3.08. The number of alkyl carbamates (subject to hydrolysis) is 1. The number of nitro benzene ring substituents is 1. The van der Waals surface area contributed by atoms with Crippen molar-refractivity contribution in [3.05, 3.63) is 33.9 Å². The molecule has 0 spiro atoms. The van der Waals surface area contributed by atoms with Gasteiger partial charge in [0.25, 0.3) is 5.69 Å². The Morgan fingerprint density at radius 1 is 1.53 bits per heavy atom. The number of phenols is 1. The molecule has 0 bridgehead atoms. The van der Waals surface area contributed by atoms with Crippen molar-refractivity contribution in [2.24, 2.45) is 0 Å². The SMILES string of the molecule is Cl.O=C1N[C@@H](c2cc([N+](=O)[O-])ccc2O)CO1. The molecule has 1 aromatic carbocycles. The third-order valence-electron chi connectivity index (χ3n) is 2.27. The summed E-state index contributed by atoms with van der Waals surface area (Å²) in [7, 11) is 0. The molecule has 1 aromatic rings. The number of rotatable bonds is 2. The van der Waals surface area contributed by atoms with Crippen molar-refractivity contribution in [3.63, 3.8) is 0 Å². The Labute approximate surface area is 102 Å². The minimum atomic E-state index is -0.601. The van der Waals surface area contributed by atoms with Crippen LogP contribution >= 0.6 is 12.4 Å². The van der Waals surface area contributed by atoms with E-state index in [1.807, 2.05) is 0 Å². The van der Waals surface area contributed by atoms with Crippen LogP contribution in [-0.4, -0.2) is 22.7 Å². The summed E-state index contributed by atoms with van der Waals surface area (Å²) in [5.74, 6) is -0.110. The number of ether oxygens (including phenoxy) is 1. The summed E-state index contributed by atoms with van der Waals surface area (Å²) in [6.45, 7) is 0.0492. The molecule has 2 rings (SSSR count). The monoisotopic (exact) mass is 260 g/mol. The molecule has 1 fully saturated rings. The Kier molecular flexibility index (Phi) is 3.74. The third-order valence-corrected chi connectivity index (χ3v) is 2.27. The van der Waals surface area contributed by atoms with Crippen LogP contribution in [0.3, 0.4) is 0 Å². The van der Waals surface area contributed by atoms with E-state index in [1.54, 1.807) is 0 Å². The van der Waals surface area contributed by atoms with Crippen LogP contribution < -0.4 is 5.32 Å². The van der Waals surface area contributed by atoms with Gasteiger partial charge in [-0.15, -0.1) is 12.4 Å². The number of nitro groups is 1. The molecule has 2 N–H and O–H groups in total. The lowest BCUT2D eigenvalue weighted by Crippen LogP contribution is -2.18. The van der Waals surface area contributed by atoms with Crippen LogP contribution in [0.1, 0.15) is 11.6 Å². The van der Waals surface area contributed by atoms with E-state index in [4.69, 9.17) is 0 Å². The number of carbonyl (C=O) groups is 1. The highest BCUT2D eigenvalue weighted by atomic mass is 35.5. The van der Waals surface area contributed by atoms with E-state index in [0.717, 1.165) is 0 Å². The fourth-order valence-corrected chi connectivity index (χ4v) is 1.49. The van der Waals surface area contributed by atoms with Crippen molar-refractivity contribution < 1.29 is 19.6 Å². The van der Waals surface area contributed by atoms with Gasteiger partial charge < -0.3 is 15.2 Å². The van der Waals surface area contributed by atoms with E-state index in [9.17, 15) is 20.0 Å². The van der Waals surface area contributed by atoms with E-state index in [0.29, 0.717) is 0 Å². The number of aromatic hydroxyl groups is 1. The third kappa shape index (κ3) is 2.56. The molecule has 0 aromatic heterocycles. The first-order valence-corrected chi connectivity index (χ1v) is 4.48. The first-order chi connectivity index (χ1) is 7.58. The topological polar surface area (TPSA) is 102 Å². The maximum Gasteiger partial charge on any atom is 0.407 e. The number of carbonyl (C=O) groups excluding carboxylic acids is 1. The van der Waals surface area contributed by atoms with Crippen molar-refractivity contribution in [2.45, 2.75) is 6.04 Å². The predicted octanol–water partition coefficient (Wildman–Crippen LogP) is 1.50. The zero-order valence-electron chi connectivity index (χ0n) is 8.45. The van der Waals surface area contributed by atoms with Gasteiger partial charge in [0.05, 0.1) is 11.0 Å². The number of phenolic OH excluding ortho intramolecular Hbond substituents is 1. The van der Waals surface area contributed by atoms with Crippen molar-refractivity contribution in [3.8, 4) is 5.75 Å². The lowest BCUT2D eigenvalue weighted by molar-refractivity contribution is -0.385. The van der Waals surface area contributed by atoms with Crippen molar-refractivity contribution >= 4 is 24.2 Å². The normalized spacial score (nSPS) is 17.9. The summed E-state index contributed by atoms with van der Waals surface area (Å²) in [5.41, 5.74) is 0.133. The van der Waals surface area contributed by atoms with Gasteiger partial charge in [0.15, 0.2) is 0 Å². The van der Waals surface area contributed by atoms with Crippen LogP contribution in [0.5, 0.6) is 5.75 Å². The Hall–Kier alpha value is -2.02. The summed E-state index contributed by atoms with van der Waals surface area (Å²) < 4.78 is 4.64. The zero-order chi connectivity index (χ0) is 11.7. The largest absolute Gasteiger partial charge is 0.508 e. The van der Waals surface area contributed by atoms with Gasteiger partial charge in [-0.2, -0.15) is 0 Å². The molecule has 1 aliphatic heterocycles. The fourth-order valence-electron chi connectivity index (χ4n) is 1.49. The van der Waals surface area contributed by atoms with Crippen molar-refractivity contribution in [1.82, 2.24) is 5.32 Å². The van der Waals surface area contributed by atoms with Crippen LogP contribution in [0.2, 0.25) is 0 Å². The highest BCUT2D eigenvalue weighted by Crippen LogP contribution is 2.30. The maximum atomic E-state index is 10.8. The number of cyclic esters (lactones) is 1. The van der Waals surface area contributed by atoms with Crippen LogP contribution in [0, 0.1) is 10.1 Å². The smallest absolute Gasteiger partial charge is 0.407 e. The Morgan fingerprint density at radius 3 is 2.76 bits per heavy atom. The maximum absolute atomic E-state index is 10.8. The molecular weight excluding hydrogens is 252 g/mol. The van der Waals surface area contributed by atoms with Gasteiger partial charge in [-0.3, -0.25) is 10.1 Å². The minimum Gasteiger partial charge on any atom is -0.508 e. The second kappa shape index (κ2) is 4.88. The van der Waals surface area contributed by atoms with Crippen LogP contribution in [0.15, 0.2) is 18.2 Å².